The molecule has 2 aromatic rings. The first kappa shape index (κ1) is 21.6. The number of likely N-dealkylation sites (tertiary alicyclic amines) is 1. The van der Waals surface area contributed by atoms with Crippen molar-refractivity contribution in [1.82, 2.24) is 15.0 Å². The number of aryl methyl sites for hydroxylation is 1. The van der Waals surface area contributed by atoms with E-state index in [-0.39, 0.29) is 24.2 Å². The highest BCUT2D eigenvalue weighted by Crippen LogP contribution is 2.31. The Hall–Kier alpha value is -3.10. The van der Waals surface area contributed by atoms with E-state index in [4.69, 9.17) is 18.7 Å². The second-order valence-electron chi connectivity index (χ2n) is 6.99. The topological polar surface area (TPSA) is 104 Å². The number of ether oxygens (including phenoxy) is 3. The number of carbonyl (C=O) groups excluding carboxylic acids is 2. The minimum atomic E-state index is -0.168. The Morgan fingerprint density at radius 2 is 1.90 bits per heavy atom. The van der Waals surface area contributed by atoms with Crippen LogP contribution < -0.4 is 9.47 Å². The van der Waals surface area contributed by atoms with Gasteiger partial charge in [-0.05, 0) is 38.0 Å². The average molecular weight is 417 g/mol. The first-order chi connectivity index (χ1) is 14.5. The molecule has 1 saturated heterocycles. The predicted molar refractivity (Wildman–Crippen MR) is 107 cm³/mol. The molecule has 0 saturated carbocycles. The van der Waals surface area contributed by atoms with E-state index in [1.165, 1.54) is 0 Å². The molecule has 1 aromatic carbocycles. The molecule has 0 N–H and O–H groups in total. The van der Waals surface area contributed by atoms with Crippen LogP contribution in [0.5, 0.6) is 11.5 Å². The molecule has 1 fully saturated rings. The Balaban J connectivity index is 1.52. The van der Waals surface area contributed by atoms with E-state index in [0.29, 0.717) is 62.2 Å². The lowest BCUT2D eigenvalue weighted by atomic mass is 9.97. The maximum Gasteiger partial charge on any atom is 0.309 e. The van der Waals surface area contributed by atoms with Crippen molar-refractivity contribution in [2.45, 2.75) is 32.6 Å². The van der Waals surface area contributed by atoms with Gasteiger partial charge in [-0.15, -0.1) is 0 Å². The van der Waals surface area contributed by atoms with E-state index >= 15 is 0 Å². The number of piperidine rings is 1. The molecule has 3 rings (SSSR count). The summed E-state index contributed by atoms with van der Waals surface area (Å²) in [7, 11) is 3.13. The van der Waals surface area contributed by atoms with Crippen LogP contribution >= 0.6 is 0 Å². The number of aromatic nitrogens is 2. The second-order valence-corrected chi connectivity index (χ2v) is 6.99. The fourth-order valence-electron chi connectivity index (χ4n) is 3.45. The van der Waals surface area contributed by atoms with E-state index in [1.807, 2.05) is 6.07 Å². The monoisotopic (exact) mass is 417 g/mol. The van der Waals surface area contributed by atoms with Crippen LogP contribution in [0.1, 0.15) is 32.1 Å². The molecule has 162 valence electrons. The number of amides is 1. The molecule has 1 aliphatic heterocycles. The maximum absolute atomic E-state index is 12.5. The molecule has 0 aliphatic carbocycles. The summed E-state index contributed by atoms with van der Waals surface area (Å²) in [5, 5.41) is 4.00. The summed E-state index contributed by atoms with van der Waals surface area (Å²) >= 11 is 0. The van der Waals surface area contributed by atoms with E-state index in [1.54, 1.807) is 38.2 Å². The highest BCUT2D eigenvalue weighted by Gasteiger charge is 2.28. The molecule has 2 heterocycles. The molecule has 0 spiro atoms. The second kappa shape index (κ2) is 10.1. The summed E-state index contributed by atoms with van der Waals surface area (Å²) in [6.07, 6.45) is 1.90. The van der Waals surface area contributed by atoms with Crippen molar-refractivity contribution in [1.29, 1.82) is 0 Å². The number of hydrogen-bond donors (Lipinski definition) is 0. The fourth-order valence-corrected chi connectivity index (χ4v) is 3.45. The number of methoxy groups -OCH3 is 2. The van der Waals surface area contributed by atoms with Crippen molar-refractivity contribution >= 4 is 11.9 Å². The van der Waals surface area contributed by atoms with Crippen LogP contribution in [0.15, 0.2) is 22.7 Å². The van der Waals surface area contributed by atoms with Crippen molar-refractivity contribution in [2.24, 2.45) is 5.92 Å². The number of carbonyl (C=O) groups is 2. The maximum atomic E-state index is 12.5. The Kier molecular flexibility index (Phi) is 7.26. The number of benzene rings is 1. The largest absolute Gasteiger partial charge is 0.493 e. The highest BCUT2D eigenvalue weighted by molar-refractivity contribution is 5.77. The van der Waals surface area contributed by atoms with Gasteiger partial charge in [0.15, 0.2) is 11.5 Å². The summed E-state index contributed by atoms with van der Waals surface area (Å²) in [5.41, 5.74) is 0.731. The molecule has 0 radical (unpaired) electrons. The van der Waals surface area contributed by atoms with Gasteiger partial charge < -0.3 is 23.6 Å². The van der Waals surface area contributed by atoms with E-state index in [9.17, 15) is 9.59 Å². The lowest BCUT2D eigenvalue weighted by molar-refractivity contribution is -0.151. The molecule has 0 atom stereocenters. The van der Waals surface area contributed by atoms with Gasteiger partial charge in [0.1, 0.15) is 0 Å². The van der Waals surface area contributed by atoms with Crippen molar-refractivity contribution in [3.8, 4) is 22.9 Å². The minimum Gasteiger partial charge on any atom is -0.493 e. The van der Waals surface area contributed by atoms with Gasteiger partial charge in [-0.3, -0.25) is 9.59 Å². The third-order valence-electron chi connectivity index (χ3n) is 5.13. The normalized spacial score (nSPS) is 14.4. The van der Waals surface area contributed by atoms with Gasteiger partial charge in [-0.25, -0.2) is 0 Å². The van der Waals surface area contributed by atoms with Gasteiger partial charge in [-0.1, -0.05) is 5.16 Å². The molecule has 1 amide bonds. The zero-order valence-electron chi connectivity index (χ0n) is 17.6. The van der Waals surface area contributed by atoms with Crippen LogP contribution in [-0.4, -0.2) is 60.8 Å². The van der Waals surface area contributed by atoms with E-state index < -0.39 is 0 Å². The van der Waals surface area contributed by atoms with E-state index in [2.05, 4.69) is 10.1 Å². The summed E-state index contributed by atoms with van der Waals surface area (Å²) in [5.74, 6) is 1.74. The van der Waals surface area contributed by atoms with Crippen molar-refractivity contribution < 1.29 is 28.3 Å². The van der Waals surface area contributed by atoms with Crippen molar-refractivity contribution in [2.75, 3.05) is 33.9 Å². The first-order valence-corrected chi connectivity index (χ1v) is 10.0. The first-order valence-electron chi connectivity index (χ1n) is 10.0. The average Bonchev–Trinajstić information content (AvgIpc) is 3.26. The quantitative estimate of drug-likeness (QED) is 0.604. The lowest BCUT2D eigenvalue weighted by Gasteiger charge is -2.30. The van der Waals surface area contributed by atoms with Gasteiger partial charge in [0, 0.05) is 31.5 Å². The van der Waals surface area contributed by atoms with Gasteiger partial charge in [-0.2, -0.15) is 4.98 Å². The Labute approximate surface area is 175 Å². The SMILES string of the molecule is CCOC(=O)C1CCN(C(=O)CCc2nc(-c3ccc(OC)c(OC)c3)no2)CC1. The molecular weight excluding hydrogens is 390 g/mol. The molecule has 30 heavy (non-hydrogen) atoms. The summed E-state index contributed by atoms with van der Waals surface area (Å²) < 4.78 is 20.9. The fraction of sp³-hybridized carbons (Fsp3) is 0.524. The lowest BCUT2D eigenvalue weighted by Crippen LogP contribution is -2.40. The third kappa shape index (κ3) is 5.08. The smallest absolute Gasteiger partial charge is 0.309 e. The van der Waals surface area contributed by atoms with Gasteiger partial charge in [0.25, 0.3) is 0 Å². The molecule has 0 unspecified atom stereocenters. The number of esters is 1. The van der Waals surface area contributed by atoms with Crippen LogP contribution in [0.2, 0.25) is 0 Å². The highest BCUT2D eigenvalue weighted by atomic mass is 16.5. The van der Waals surface area contributed by atoms with Gasteiger partial charge in [0.05, 0.1) is 26.7 Å². The molecular formula is C21H27N3O6. The van der Waals surface area contributed by atoms with Gasteiger partial charge in [0.2, 0.25) is 17.6 Å². The Morgan fingerprint density at radius 3 is 2.57 bits per heavy atom. The molecule has 0 bridgehead atoms. The van der Waals surface area contributed by atoms with Crippen LogP contribution in [-0.2, 0) is 20.7 Å². The molecule has 1 aromatic heterocycles. The summed E-state index contributed by atoms with van der Waals surface area (Å²) in [4.78, 5) is 30.5. The van der Waals surface area contributed by atoms with Crippen molar-refractivity contribution in [3.63, 3.8) is 0 Å². The van der Waals surface area contributed by atoms with Crippen molar-refractivity contribution in [3.05, 3.63) is 24.1 Å². The standard InChI is InChI=1S/C21H27N3O6/c1-4-29-21(26)14-9-11-24(12-10-14)19(25)8-7-18-22-20(23-30-18)15-5-6-16(27-2)17(13-15)28-3/h5-6,13-14H,4,7-12H2,1-3H3. The van der Waals surface area contributed by atoms with Crippen LogP contribution in [0.3, 0.4) is 0 Å². The third-order valence-corrected chi connectivity index (χ3v) is 5.13. The Morgan fingerprint density at radius 1 is 1.17 bits per heavy atom. The summed E-state index contributed by atoms with van der Waals surface area (Å²) in [6, 6.07) is 5.36. The zero-order valence-corrected chi connectivity index (χ0v) is 17.6. The van der Waals surface area contributed by atoms with E-state index in [0.717, 1.165) is 5.56 Å². The van der Waals surface area contributed by atoms with Gasteiger partial charge >= 0.3 is 5.97 Å². The number of rotatable bonds is 8. The molecule has 9 nitrogen and oxygen atoms in total. The van der Waals surface area contributed by atoms with Crippen LogP contribution in [0.4, 0.5) is 0 Å². The number of hydrogen-bond acceptors (Lipinski definition) is 8. The molecule has 1 aliphatic rings. The Bertz CT molecular complexity index is 873. The van der Waals surface area contributed by atoms with Crippen LogP contribution in [0, 0.1) is 5.92 Å². The molecule has 9 heteroatoms. The summed E-state index contributed by atoms with van der Waals surface area (Å²) in [6.45, 7) is 3.30. The number of nitrogens with zero attached hydrogens (tertiary/aromatic N) is 3. The van der Waals surface area contributed by atoms with Crippen LogP contribution in [0.25, 0.3) is 11.4 Å². The predicted octanol–water partition coefficient (Wildman–Crippen LogP) is 2.49. The minimum absolute atomic E-state index is 0.0168. The zero-order chi connectivity index (χ0) is 21.5.